The molecule has 1 N–H and O–H groups in total. The summed E-state index contributed by atoms with van der Waals surface area (Å²) in [5.74, 6) is -1.05. The van der Waals surface area contributed by atoms with Crippen LogP contribution in [0.4, 0.5) is 5.69 Å². The number of Topliss-reactive ketones (excluding diaryl/α,β-unsaturated/α-hetero) is 1. The highest BCUT2D eigenvalue weighted by Gasteiger charge is 2.47. The zero-order chi connectivity index (χ0) is 23.0. The van der Waals surface area contributed by atoms with Gasteiger partial charge in [0.25, 0.3) is 11.7 Å². The van der Waals surface area contributed by atoms with Crippen LogP contribution in [0.1, 0.15) is 28.3 Å². The maximum absolute atomic E-state index is 13.2. The summed E-state index contributed by atoms with van der Waals surface area (Å²) in [7, 11) is 1.54. The first-order valence-corrected chi connectivity index (χ1v) is 10.9. The fourth-order valence-corrected chi connectivity index (χ4v) is 4.21. The first-order chi connectivity index (χ1) is 15.3. The van der Waals surface area contributed by atoms with E-state index in [0.29, 0.717) is 17.0 Å². The molecule has 1 unspecified atom stereocenters. The summed E-state index contributed by atoms with van der Waals surface area (Å²) in [6, 6.07) is 19.1. The number of hydrogen-bond donors (Lipinski definition) is 1. The van der Waals surface area contributed by atoms with Gasteiger partial charge in [-0.15, -0.1) is 0 Å². The molecular weight excluding hydrogens is 470 g/mol. The van der Waals surface area contributed by atoms with Crippen LogP contribution < -0.4 is 9.64 Å². The lowest BCUT2D eigenvalue weighted by atomic mass is 9.94. The Kier molecular flexibility index (Phi) is 5.89. The molecule has 32 heavy (non-hydrogen) atoms. The molecule has 6 heteroatoms. The molecular formula is C26H22BrNO4. The van der Waals surface area contributed by atoms with Crippen molar-refractivity contribution in [2.75, 3.05) is 12.0 Å². The van der Waals surface area contributed by atoms with E-state index < -0.39 is 17.7 Å². The second-order valence-electron chi connectivity index (χ2n) is 7.75. The summed E-state index contributed by atoms with van der Waals surface area (Å²) in [5, 5.41) is 11.2. The van der Waals surface area contributed by atoms with Gasteiger partial charge in [0.05, 0.1) is 18.7 Å². The van der Waals surface area contributed by atoms with Crippen molar-refractivity contribution < 1.29 is 19.4 Å². The number of aliphatic hydroxyl groups is 1. The number of aliphatic hydroxyl groups excluding tert-OH is 1. The number of aryl methyl sites for hydroxylation is 2. The van der Waals surface area contributed by atoms with Gasteiger partial charge in [-0.2, -0.15) is 0 Å². The van der Waals surface area contributed by atoms with Gasteiger partial charge in [-0.05, 0) is 49.2 Å². The van der Waals surface area contributed by atoms with E-state index in [2.05, 4.69) is 15.9 Å². The van der Waals surface area contributed by atoms with Gasteiger partial charge in [0.15, 0.2) is 0 Å². The fourth-order valence-electron chi connectivity index (χ4n) is 3.96. The zero-order valence-corrected chi connectivity index (χ0v) is 19.5. The summed E-state index contributed by atoms with van der Waals surface area (Å²) in [5.41, 5.74) is 3.69. The topological polar surface area (TPSA) is 66.8 Å². The Morgan fingerprint density at radius 2 is 1.75 bits per heavy atom. The minimum absolute atomic E-state index is 0.0603. The number of carbonyl (C=O) groups excluding carboxylic acids is 2. The van der Waals surface area contributed by atoms with Crippen LogP contribution in [0.15, 0.2) is 76.8 Å². The van der Waals surface area contributed by atoms with Crippen molar-refractivity contribution in [2.45, 2.75) is 19.9 Å². The molecule has 1 aliphatic rings. The Hall–Kier alpha value is -3.38. The minimum atomic E-state index is -0.772. The number of benzene rings is 3. The van der Waals surface area contributed by atoms with Crippen molar-refractivity contribution in [3.63, 3.8) is 0 Å². The normalized spacial score (nSPS) is 17.6. The van der Waals surface area contributed by atoms with E-state index in [1.807, 2.05) is 44.2 Å². The van der Waals surface area contributed by atoms with E-state index in [-0.39, 0.29) is 11.3 Å². The summed E-state index contributed by atoms with van der Waals surface area (Å²) < 4.78 is 6.21. The Balaban J connectivity index is 1.96. The number of nitrogens with zero attached hydrogens (tertiary/aromatic N) is 1. The van der Waals surface area contributed by atoms with Crippen LogP contribution in [0, 0.1) is 13.8 Å². The van der Waals surface area contributed by atoms with Gasteiger partial charge in [0.1, 0.15) is 11.5 Å². The number of anilines is 1. The predicted octanol–water partition coefficient (Wildman–Crippen LogP) is 5.70. The molecule has 162 valence electrons. The Morgan fingerprint density at radius 3 is 2.44 bits per heavy atom. The standard InChI is InChI=1S/C26H22BrNO4/c1-15-6-4-7-17(12-15)23-22(24(29)18-10-11-21(27)16(2)13-18)25(30)26(31)28(23)19-8-5-9-20(14-19)32-3/h4-14,23,29H,1-3H3/b24-22+. The molecule has 0 aliphatic carbocycles. The number of rotatable bonds is 4. The third-order valence-electron chi connectivity index (χ3n) is 5.57. The molecule has 0 aromatic heterocycles. The largest absolute Gasteiger partial charge is 0.507 e. The molecule has 4 rings (SSSR count). The highest BCUT2D eigenvalue weighted by molar-refractivity contribution is 9.10. The summed E-state index contributed by atoms with van der Waals surface area (Å²) in [6.45, 7) is 3.84. The number of amides is 1. The monoisotopic (exact) mass is 491 g/mol. The maximum atomic E-state index is 13.2. The van der Waals surface area contributed by atoms with Gasteiger partial charge in [-0.1, -0.05) is 57.9 Å². The van der Waals surface area contributed by atoms with Crippen molar-refractivity contribution in [2.24, 2.45) is 0 Å². The molecule has 3 aromatic carbocycles. The molecule has 0 saturated carbocycles. The molecule has 0 spiro atoms. The van der Waals surface area contributed by atoms with Gasteiger partial charge in [0, 0.05) is 21.8 Å². The third-order valence-corrected chi connectivity index (χ3v) is 6.45. The molecule has 0 bridgehead atoms. The van der Waals surface area contributed by atoms with Crippen LogP contribution >= 0.6 is 15.9 Å². The summed E-state index contributed by atoms with van der Waals surface area (Å²) in [6.07, 6.45) is 0. The number of halogens is 1. The molecule has 3 aromatic rings. The van der Waals surface area contributed by atoms with Crippen LogP contribution in [-0.2, 0) is 9.59 Å². The first-order valence-electron chi connectivity index (χ1n) is 10.1. The van der Waals surface area contributed by atoms with Crippen LogP contribution in [0.2, 0.25) is 0 Å². The van der Waals surface area contributed by atoms with Gasteiger partial charge < -0.3 is 9.84 Å². The van der Waals surface area contributed by atoms with Crippen molar-refractivity contribution >= 4 is 39.1 Å². The van der Waals surface area contributed by atoms with E-state index in [0.717, 1.165) is 21.2 Å². The van der Waals surface area contributed by atoms with Gasteiger partial charge >= 0.3 is 0 Å². The fraction of sp³-hybridized carbons (Fsp3) is 0.154. The molecule has 1 aliphatic heterocycles. The van der Waals surface area contributed by atoms with Crippen molar-refractivity contribution in [3.8, 4) is 5.75 Å². The predicted molar refractivity (Wildman–Crippen MR) is 128 cm³/mol. The van der Waals surface area contributed by atoms with Crippen LogP contribution in [0.3, 0.4) is 0 Å². The van der Waals surface area contributed by atoms with Crippen molar-refractivity contribution in [1.82, 2.24) is 0 Å². The lowest BCUT2D eigenvalue weighted by Crippen LogP contribution is -2.29. The van der Waals surface area contributed by atoms with Crippen LogP contribution in [0.25, 0.3) is 5.76 Å². The van der Waals surface area contributed by atoms with Gasteiger partial charge in [0.2, 0.25) is 0 Å². The zero-order valence-electron chi connectivity index (χ0n) is 17.9. The van der Waals surface area contributed by atoms with E-state index in [9.17, 15) is 14.7 Å². The number of ether oxygens (including phenoxy) is 1. The SMILES string of the molecule is COc1cccc(N2C(=O)C(=O)/C(=C(/O)c3ccc(Br)c(C)c3)C2c2cccc(C)c2)c1. The molecule has 1 heterocycles. The second kappa shape index (κ2) is 8.63. The number of hydrogen-bond acceptors (Lipinski definition) is 4. The highest BCUT2D eigenvalue weighted by atomic mass is 79.9. The van der Waals surface area contributed by atoms with E-state index >= 15 is 0 Å². The molecule has 1 fully saturated rings. The molecule has 1 saturated heterocycles. The van der Waals surface area contributed by atoms with Crippen molar-refractivity contribution in [3.05, 3.63) is 99.0 Å². The smallest absolute Gasteiger partial charge is 0.300 e. The quantitative estimate of drug-likeness (QED) is 0.288. The Labute approximate surface area is 195 Å². The third kappa shape index (κ3) is 3.82. The van der Waals surface area contributed by atoms with E-state index in [1.165, 1.54) is 4.90 Å². The van der Waals surface area contributed by atoms with Crippen molar-refractivity contribution in [1.29, 1.82) is 0 Å². The van der Waals surface area contributed by atoms with Gasteiger partial charge in [-0.3, -0.25) is 14.5 Å². The lowest BCUT2D eigenvalue weighted by molar-refractivity contribution is -0.132. The molecule has 5 nitrogen and oxygen atoms in total. The summed E-state index contributed by atoms with van der Waals surface area (Å²) >= 11 is 3.45. The minimum Gasteiger partial charge on any atom is -0.507 e. The summed E-state index contributed by atoms with van der Waals surface area (Å²) in [4.78, 5) is 27.9. The Morgan fingerprint density at radius 1 is 1.00 bits per heavy atom. The van der Waals surface area contributed by atoms with E-state index in [4.69, 9.17) is 4.74 Å². The van der Waals surface area contributed by atoms with E-state index in [1.54, 1.807) is 43.5 Å². The van der Waals surface area contributed by atoms with Crippen LogP contribution in [0.5, 0.6) is 5.75 Å². The number of methoxy groups -OCH3 is 1. The highest BCUT2D eigenvalue weighted by Crippen LogP contribution is 2.43. The first kappa shape index (κ1) is 21.8. The lowest BCUT2D eigenvalue weighted by Gasteiger charge is -2.26. The van der Waals surface area contributed by atoms with Gasteiger partial charge in [-0.25, -0.2) is 0 Å². The average Bonchev–Trinajstić information content (AvgIpc) is 3.06. The number of carbonyl (C=O) groups is 2. The molecule has 1 amide bonds. The maximum Gasteiger partial charge on any atom is 0.300 e. The van der Waals surface area contributed by atoms with Crippen LogP contribution in [-0.4, -0.2) is 23.9 Å². The second-order valence-corrected chi connectivity index (χ2v) is 8.60. The molecule has 0 radical (unpaired) electrons. The Bertz CT molecular complexity index is 1260. The average molecular weight is 492 g/mol. The number of ketones is 1. The molecule has 1 atom stereocenters.